The number of anilines is 2. The van der Waals surface area contributed by atoms with Crippen LogP contribution in [-0.4, -0.2) is 73.3 Å². The maximum Gasteiger partial charge on any atom is 0.272 e. The Morgan fingerprint density at radius 1 is 1.21 bits per heavy atom. The van der Waals surface area contributed by atoms with Crippen molar-refractivity contribution >= 4 is 40.7 Å². The van der Waals surface area contributed by atoms with E-state index in [1.807, 2.05) is 12.1 Å². The number of carbonyl (C=O) groups excluding carboxylic acids is 3. The summed E-state index contributed by atoms with van der Waals surface area (Å²) in [4.78, 5) is 44.5. The molecule has 0 bridgehead atoms. The van der Waals surface area contributed by atoms with E-state index in [1.54, 1.807) is 24.7 Å². The molecule has 2 aromatic rings. The number of carbonyl (C=O) groups is 3. The van der Waals surface area contributed by atoms with Crippen molar-refractivity contribution in [3.63, 3.8) is 0 Å². The average molecular weight is 547 g/mol. The minimum atomic E-state index is -0.721. The lowest BCUT2D eigenvalue weighted by atomic mass is 9.85. The van der Waals surface area contributed by atoms with Crippen LogP contribution < -0.4 is 21.3 Å². The van der Waals surface area contributed by atoms with Crippen LogP contribution in [0.1, 0.15) is 59.6 Å². The molecule has 1 aromatic heterocycles. The van der Waals surface area contributed by atoms with E-state index in [9.17, 15) is 14.4 Å². The summed E-state index contributed by atoms with van der Waals surface area (Å²) < 4.78 is 12.1. The van der Waals surface area contributed by atoms with Crippen LogP contribution in [0.3, 0.4) is 0 Å². The molecule has 38 heavy (non-hydrogen) atoms. The SMILES string of the molecule is COCC(C)NC(=O)c1ncn(C2CCC(C(=O)Nc3cc(N4CCOCC4)ccc3Cl)CC2)c1C(N)=O. The summed E-state index contributed by atoms with van der Waals surface area (Å²) in [6.07, 6.45) is 3.98. The number of hydrogen-bond donors (Lipinski definition) is 3. The van der Waals surface area contributed by atoms with Crippen LogP contribution in [0.25, 0.3) is 0 Å². The quantitative estimate of drug-likeness (QED) is 0.439. The summed E-state index contributed by atoms with van der Waals surface area (Å²) in [5.41, 5.74) is 7.30. The molecular weight excluding hydrogens is 512 g/mol. The number of primary amides is 1. The zero-order valence-corrected chi connectivity index (χ0v) is 22.5. The Labute approximate surface area is 227 Å². The first-order valence-corrected chi connectivity index (χ1v) is 13.3. The number of hydrogen-bond acceptors (Lipinski definition) is 7. The number of nitrogens with one attached hydrogen (secondary N) is 2. The largest absolute Gasteiger partial charge is 0.383 e. The van der Waals surface area contributed by atoms with Gasteiger partial charge in [0.1, 0.15) is 5.69 Å². The number of benzene rings is 1. The molecule has 2 aliphatic rings. The van der Waals surface area contributed by atoms with E-state index >= 15 is 0 Å². The molecule has 1 saturated heterocycles. The van der Waals surface area contributed by atoms with Crippen molar-refractivity contribution in [3.05, 3.63) is 40.9 Å². The Morgan fingerprint density at radius 3 is 2.58 bits per heavy atom. The van der Waals surface area contributed by atoms with Gasteiger partial charge in [-0.25, -0.2) is 4.98 Å². The van der Waals surface area contributed by atoms with Crippen molar-refractivity contribution in [3.8, 4) is 0 Å². The number of imidazole rings is 1. The molecular formula is C26H35ClN6O5. The maximum atomic E-state index is 13.1. The van der Waals surface area contributed by atoms with Gasteiger partial charge < -0.3 is 35.3 Å². The van der Waals surface area contributed by atoms with Gasteiger partial charge >= 0.3 is 0 Å². The number of ether oxygens (including phenoxy) is 2. The summed E-state index contributed by atoms with van der Waals surface area (Å²) in [7, 11) is 1.54. The topological polar surface area (TPSA) is 141 Å². The molecule has 1 atom stereocenters. The Balaban J connectivity index is 1.39. The molecule has 1 saturated carbocycles. The van der Waals surface area contributed by atoms with Crippen LogP contribution in [0.2, 0.25) is 5.02 Å². The summed E-state index contributed by atoms with van der Waals surface area (Å²) in [6.45, 7) is 5.03. The fraction of sp³-hybridized carbons (Fsp3) is 0.538. The van der Waals surface area contributed by atoms with Crippen molar-refractivity contribution < 1.29 is 23.9 Å². The van der Waals surface area contributed by atoms with Gasteiger partial charge in [0.25, 0.3) is 11.8 Å². The van der Waals surface area contributed by atoms with Crippen LogP contribution in [0.15, 0.2) is 24.5 Å². The number of methoxy groups -OCH3 is 1. The van der Waals surface area contributed by atoms with Gasteiger partial charge in [0, 0.05) is 43.9 Å². The standard InChI is InChI=1S/C26H35ClN6O5/c1-16(14-37-2)30-26(36)22-23(24(28)34)33(15-29-22)18-5-3-17(4-6-18)25(35)31-21-13-19(7-8-20(21)27)32-9-11-38-12-10-32/h7-8,13,15-18H,3-6,9-12,14H2,1-2H3,(H2,28,34)(H,30,36)(H,31,35). The minimum absolute atomic E-state index is 0.00453. The van der Waals surface area contributed by atoms with Crippen LogP contribution in [0.4, 0.5) is 11.4 Å². The minimum Gasteiger partial charge on any atom is -0.383 e. The molecule has 0 spiro atoms. The smallest absolute Gasteiger partial charge is 0.272 e. The molecule has 1 aliphatic carbocycles. The maximum absolute atomic E-state index is 13.1. The monoisotopic (exact) mass is 546 g/mol. The molecule has 1 unspecified atom stereocenters. The molecule has 206 valence electrons. The number of rotatable bonds is 9. The summed E-state index contributed by atoms with van der Waals surface area (Å²) in [5, 5.41) is 6.25. The van der Waals surface area contributed by atoms with Gasteiger partial charge in [0.2, 0.25) is 5.91 Å². The van der Waals surface area contributed by atoms with Gasteiger partial charge in [0.05, 0.1) is 36.9 Å². The molecule has 3 amide bonds. The second-order valence-electron chi connectivity index (χ2n) is 9.80. The lowest BCUT2D eigenvalue weighted by molar-refractivity contribution is -0.121. The normalized spacial score (nSPS) is 20.6. The first kappa shape index (κ1) is 27.9. The molecule has 1 aliphatic heterocycles. The van der Waals surface area contributed by atoms with Gasteiger partial charge in [-0.3, -0.25) is 14.4 Å². The fourth-order valence-electron chi connectivity index (χ4n) is 5.11. The second kappa shape index (κ2) is 12.6. The average Bonchev–Trinajstić information content (AvgIpc) is 3.36. The predicted octanol–water partition coefficient (Wildman–Crippen LogP) is 2.61. The van der Waals surface area contributed by atoms with Gasteiger partial charge in [0.15, 0.2) is 5.69 Å². The molecule has 4 rings (SSSR count). The lowest BCUT2D eigenvalue weighted by Crippen LogP contribution is -2.37. The van der Waals surface area contributed by atoms with E-state index in [2.05, 4.69) is 20.5 Å². The van der Waals surface area contributed by atoms with Crippen LogP contribution >= 0.6 is 11.6 Å². The highest BCUT2D eigenvalue weighted by Crippen LogP contribution is 2.35. The van der Waals surface area contributed by atoms with E-state index in [0.717, 1.165) is 18.8 Å². The molecule has 11 nitrogen and oxygen atoms in total. The zero-order chi connectivity index (χ0) is 27.2. The fourth-order valence-corrected chi connectivity index (χ4v) is 5.27. The Morgan fingerprint density at radius 2 is 1.92 bits per heavy atom. The lowest BCUT2D eigenvalue weighted by Gasteiger charge is -2.30. The number of halogens is 1. The highest BCUT2D eigenvalue weighted by Gasteiger charge is 2.32. The third-order valence-corrected chi connectivity index (χ3v) is 7.41. The van der Waals surface area contributed by atoms with E-state index < -0.39 is 11.8 Å². The van der Waals surface area contributed by atoms with E-state index in [4.69, 9.17) is 26.8 Å². The van der Waals surface area contributed by atoms with Crippen LogP contribution in [-0.2, 0) is 14.3 Å². The number of nitrogens with two attached hydrogens (primary N) is 1. The van der Waals surface area contributed by atoms with E-state index in [1.165, 1.54) is 6.33 Å². The van der Waals surface area contributed by atoms with Crippen molar-refractivity contribution in [1.82, 2.24) is 14.9 Å². The number of morpholine rings is 1. The summed E-state index contributed by atoms with van der Waals surface area (Å²) >= 11 is 6.39. The molecule has 2 fully saturated rings. The number of amides is 3. The third kappa shape index (κ3) is 6.46. The summed E-state index contributed by atoms with van der Waals surface area (Å²) in [5.74, 6) is -1.49. The molecule has 1 aromatic carbocycles. The van der Waals surface area contributed by atoms with Crippen LogP contribution in [0, 0.1) is 5.92 Å². The van der Waals surface area contributed by atoms with Gasteiger partial charge in [-0.15, -0.1) is 0 Å². The first-order valence-electron chi connectivity index (χ1n) is 12.9. The molecule has 12 heteroatoms. The Kier molecular flexibility index (Phi) is 9.24. The summed E-state index contributed by atoms with van der Waals surface area (Å²) in [6, 6.07) is 5.30. The molecule has 2 heterocycles. The highest BCUT2D eigenvalue weighted by atomic mass is 35.5. The zero-order valence-electron chi connectivity index (χ0n) is 21.7. The highest BCUT2D eigenvalue weighted by molar-refractivity contribution is 6.33. The predicted molar refractivity (Wildman–Crippen MR) is 144 cm³/mol. The van der Waals surface area contributed by atoms with Gasteiger partial charge in [-0.1, -0.05) is 11.6 Å². The Hall–Kier alpha value is -3.15. The number of aromatic nitrogens is 2. The van der Waals surface area contributed by atoms with Crippen molar-refractivity contribution in [1.29, 1.82) is 0 Å². The Bertz CT molecular complexity index is 1160. The van der Waals surface area contributed by atoms with E-state index in [0.29, 0.717) is 56.2 Å². The molecule has 4 N–H and O–H groups in total. The van der Waals surface area contributed by atoms with Crippen molar-refractivity contribution in [2.24, 2.45) is 11.7 Å². The molecule has 0 radical (unpaired) electrons. The third-order valence-electron chi connectivity index (χ3n) is 7.08. The van der Waals surface area contributed by atoms with Crippen LogP contribution in [0.5, 0.6) is 0 Å². The van der Waals surface area contributed by atoms with Gasteiger partial charge in [-0.2, -0.15) is 0 Å². The van der Waals surface area contributed by atoms with Crippen molar-refractivity contribution in [2.45, 2.75) is 44.7 Å². The number of nitrogens with zero attached hydrogens (tertiary/aromatic N) is 3. The second-order valence-corrected chi connectivity index (χ2v) is 10.2. The first-order chi connectivity index (χ1) is 18.3. The van der Waals surface area contributed by atoms with E-state index in [-0.39, 0.29) is 35.3 Å². The van der Waals surface area contributed by atoms with Crippen molar-refractivity contribution in [2.75, 3.05) is 50.2 Å². The van der Waals surface area contributed by atoms with Gasteiger partial charge in [-0.05, 0) is 50.8 Å².